The molecule has 3 saturated carbocycles. The van der Waals surface area contributed by atoms with Crippen molar-refractivity contribution in [2.75, 3.05) is 0 Å². The highest BCUT2D eigenvalue weighted by Crippen LogP contribution is 2.67. The summed E-state index contributed by atoms with van der Waals surface area (Å²) in [4.78, 5) is 0. The first-order valence-corrected chi connectivity index (χ1v) is 12.7. The molecule has 0 saturated heterocycles. The van der Waals surface area contributed by atoms with Gasteiger partial charge in [-0.25, -0.2) is 0 Å². The average Bonchev–Trinajstić information content (AvgIpc) is 3.01. The van der Waals surface area contributed by atoms with Gasteiger partial charge in [0, 0.05) is 0 Å². The molecule has 2 heteroatoms. The predicted molar refractivity (Wildman–Crippen MR) is 121 cm³/mol. The third kappa shape index (κ3) is 3.65. The smallest absolute Gasteiger partial charge is 0.0849 e. The number of aliphatic hydroxyl groups excluding tert-OH is 1. The van der Waals surface area contributed by atoms with Crippen LogP contribution in [-0.2, 0) is 0 Å². The topological polar surface area (TPSA) is 40.5 Å². The van der Waals surface area contributed by atoms with Gasteiger partial charge in [-0.15, -0.1) is 0 Å². The van der Waals surface area contributed by atoms with Crippen LogP contribution in [0.4, 0.5) is 0 Å². The van der Waals surface area contributed by atoms with Gasteiger partial charge in [0.1, 0.15) is 0 Å². The van der Waals surface area contributed by atoms with E-state index in [-0.39, 0.29) is 0 Å². The molecular weight excluding hydrogens is 356 g/mol. The summed E-state index contributed by atoms with van der Waals surface area (Å²) in [5.41, 5.74) is 1.82. The number of hydrogen-bond donors (Lipinski definition) is 2. The first kappa shape index (κ1) is 21.9. The fraction of sp³-hybridized carbons (Fsp3) is 0.926. The van der Waals surface area contributed by atoms with Crippen molar-refractivity contribution in [2.45, 2.75) is 117 Å². The summed E-state index contributed by atoms with van der Waals surface area (Å²) in [6, 6.07) is 0. The highest BCUT2D eigenvalue weighted by atomic mass is 16.3. The van der Waals surface area contributed by atoms with E-state index in [4.69, 9.17) is 0 Å². The molecule has 29 heavy (non-hydrogen) atoms. The molecule has 0 spiro atoms. The van der Waals surface area contributed by atoms with Crippen molar-refractivity contribution in [1.82, 2.24) is 0 Å². The van der Waals surface area contributed by atoms with Crippen LogP contribution in [0.5, 0.6) is 0 Å². The van der Waals surface area contributed by atoms with Gasteiger partial charge in [-0.1, -0.05) is 38.8 Å². The van der Waals surface area contributed by atoms with Gasteiger partial charge in [-0.05, 0) is 118 Å². The monoisotopic (exact) mass is 402 g/mol. The van der Waals surface area contributed by atoms with Crippen molar-refractivity contribution in [3.8, 4) is 0 Å². The lowest BCUT2D eigenvalue weighted by atomic mass is 9.47. The minimum absolute atomic E-state index is 0.483. The molecule has 0 aromatic heterocycles. The maximum absolute atomic E-state index is 10.3. The quantitative estimate of drug-likeness (QED) is 0.515. The Morgan fingerprint density at radius 2 is 1.83 bits per heavy atom. The summed E-state index contributed by atoms with van der Waals surface area (Å²) in [6.07, 6.45) is 16.4. The Morgan fingerprint density at radius 3 is 2.55 bits per heavy atom. The maximum Gasteiger partial charge on any atom is 0.0849 e. The maximum atomic E-state index is 10.3. The molecular formula is C27H46O2. The molecule has 0 radical (unpaired) electrons. The van der Waals surface area contributed by atoms with Crippen molar-refractivity contribution in [1.29, 1.82) is 0 Å². The van der Waals surface area contributed by atoms with Gasteiger partial charge in [0.15, 0.2) is 0 Å². The summed E-state index contributed by atoms with van der Waals surface area (Å²) in [7, 11) is 0. The normalized spacial score (nSPS) is 44.3. The largest absolute Gasteiger partial charge is 0.390 e. The second-order valence-electron chi connectivity index (χ2n) is 12.4. The standard InChI is InChI=1S/C27H46O2/c1-18(9-14-24(28)25(2,3)29)21-12-13-22-20-11-10-19-8-6-7-16-26(19,4)23(20)15-17-27(21,22)5/h10,18,20-24,28-29H,6-9,11-17H2,1-5H3/t18-,20+,21-,22+,23+,24+,26+,27-/m1/s1. The van der Waals surface area contributed by atoms with Crippen LogP contribution >= 0.6 is 0 Å². The summed E-state index contributed by atoms with van der Waals surface area (Å²) >= 11 is 0. The van der Waals surface area contributed by atoms with Gasteiger partial charge in [0.05, 0.1) is 11.7 Å². The van der Waals surface area contributed by atoms with E-state index in [2.05, 4.69) is 26.8 Å². The first-order chi connectivity index (χ1) is 13.6. The molecule has 0 unspecified atom stereocenters. The van der Waals surface area contributed by atoms with E-state index in [1.807, 2.05) is 5.57 Å². The SMILES string of the molecule is C[C@H](CC[C@H](O)C(C)(C)O)[C@H]1CC[C@H]2[C@@H]3CC=C4CCCC[C@]4(C)[C@H]3CC[C@]12C. The van der Waals surface area contributed by atoms with Gasteiger partial charge in [-0.3, -0.25) is 0 Å². The van der Waals surface area contributed by atoms with Gasteiger partial charge in [0.25, 0.3) is 0 Å². The van der Waals surface area contributed by atoms with Crippen LogP contribution in [0.1, 0.15) is 105 Å². The molecule has 2 nitrogen and oxygen atoms in total. The average molecular weight is 403 g/mol. The lowest BCUT2D eigenvalue weighted by Crippen LogP contribution is -2.50. The predicted octanol–water partition coefficient (Wildman–Crippen LogP) is 6.50. The number of fused-ring (bicyclic) bond motifs is 5. The molecule has 166 valence electrons. The van der Waals surface area contributed by atoms with Crippen LogP contribution in [0.2, 0.25) is 0 Å². The fourth-order valence-corrected chi connectivity index (χ4v) is 8.65. The molecule has 8 atom stereocenters. The van der Waals surface area contributed by atoms with Gasteiger partial charge in [0.2, 0.25) is 0 Å². The van der Waals surface area contributed by atoms with E-state index in [9.17, 15) is 10.2 Å². The van der Waals surface area contributed by atoms with Gasteiger partial charge >= 0.3 is 0 Å². The summed E-state index contributed by atoms with van der Waals surface area (Å²) in [5, 5.41) is 20.4. The minimum Gasteiger partial charge on any atom is -0.390 e. The van der Waals surface area contributed by atoms with Crippen molar-refractivity contribution < 1.29 is 10.2 Å². The molecule has 2 N–H and O–H groups in total. The van der Waals surface area contributed by atoms with Crippen LogP contribution in [0, 0.1) is 40.4 Å². The number of hydrogen-bond acceptors (Lipinski definition) is 2. The van der Waals surface area contributed by atoms with Gasteiger partial charge < -0.3 is 10.2 Å². The Hall–Kier alpha value is -0.340. The molecule has 0 aliphatic heterocycles. The molecule has 0 aromatic rings. The molecule has 4 rings (SSSR count). The minimum atomic E-state index is -0.985. The number of allylic oxidation sites excluding steroid dienone is 2. The van der Waals surface area contributed by atoms with E-state index in [1.54, 1.807) is 13.8 Å². The van der Waals surface area contributed by atoms with Gasteiger partial charge in [-0.2, -0.15) is 0 Å². The van der Waals surface area contributed by atoms with Crippen LogP contribution in [0.25, 0.3) is 0 Å². The van der Waals surface area contributed by atoms with E-state index in [0.717, 1.165) is 36.5 Å². The van der Waals surface area contributed by atoms with E-state index < -0.39 is 11.7 Å². The van der Waals surface area contributed by atoms with Crippen LogP contribution in [-0.4, -0.2) is 21.9 Å². The summed E-state index contributed by atoms with van der Waals surface area (Å²) < 4.78 is 0. The molecule has 0 aromatic carbocycles. The molecule has 0 bridgehead atoms. The zero-order chi connectivity index (χ0) is 21.0. The van der Waals surface area contributed by atoms with E-state index in [1.165, 1.54) is 57.8 Å². The van der Waals surface area contributed by atoms with Crippen LogP contribution in [0.3, 0.4) is 0 Å². The lowest BCUT2D eigenvalue weighted by molar-refractivity contribution is -0.0627. The van der Waals surface area contributed by atoms with Crippen LogP contribution < -0.4 is 0 Å². The molecule has 0 amide bonds. The fourth-order valence-electron chi connectivity index (χ4n) is 8.65. The third-order valence-corrected chi connectivity index (χ3v) is 10.5. The highest BCUT2D eigenvalue weighted by Gasteiger charge is 2.58. The molecule has 4 aliphatic carbocycles. The van der Waals surface area contributed by atoms with Crippen molar-refractivity contribution in [3.05, 3.63) is 11.6 Å². The Balaban J connectivity index is 1.47. The molecule has 4 aliphatic rings. The molecule has 3 fully saturated rings. The first-order valence-electron chi connectivity index (χ1n) is 12.7. The second-order valence-corrected chi connectivity index (χ2v) is 12.4. The number of aliphatic hydroxyl groups is 2. The Labute approximate surface area is 179 Å². The van der Waals surface area contributed by atoms with Crippen LogP contribution in [0.15, 0.2) is 11.6 Å². The van der Waals surface area contributed by atoms with E-state index in [0.29, 0.717) is 16.7 Å². The van der Waals surface area contributed by atoms with E-state index >= 15 is 0 Å². The second kappa shape index (κ2) is 7.66. The highest BCUT2D eigenvalue weighted by molar-refractivity contribution is 5.24. The van der Waals surface area contributed by atoms with Crippen molar-refractivity contribution in [2.24, 2.45) is 40.4 Å². The number of rotatable bonds is 5. The van der Waals surface area contributed by atoms with Crippen molar-refractivity contribution in [3.63, 3.8) is 0 Å². The Bertz CT molecular complexity index is 631. The van der Waals surface area contributed by atoms with Crippen molar-refractivity contribution >= 4 is 0 Å². The molecule has 0 heterocycles. The zero-order valence-electron chi connectivity index (χ0n) is 19.7. The zero-order valence-corrected chi connectivity index (χ0v) is 19.7. The summed E-state index contributed by atoms with van der Waals surface area (Å²) in [5.74, 6) is 4.14. The Morgan fingerprint density at radius 1 is 1.07 bits per heavy atom. The third-order valence-electron chi connectivity index (χ3n) is 10.5. The lowest BCUT2D eigenvalue weighted by Gasteiger charge is -2.58. The summed E-state index contributed by atoms with van der Waals surface area (Å²) in [6.45, 7) is 11.1. The Kier molecular flexibility index (Phi) is 5.78.